The second-order valence-corrected chi connectivity index (χ2v) is 2.77. The molecule has 66 valence electrons. The molecule has 1 aliphatic rings. The topological polar surface area (TPSA) is 72.1 Å². The van der Waals surface area contributed by atoms with Crippen LogP contribution in [0.4, 0.5) is 4.79 Å². The van der Waals surface area contributed by atoms with E-state index in [2.05, 4.69) is 0 Å². The van der Waals surface area contributed by atoms with Crippen molar-refractivity contribution in [3.05, 3.63) is 41.7 Å². The lowest BCUT2D eigenvalue weighted by Gasteiger charge is -1.98. The van der Waals surface area contributed by atoms with Gasteiger partial charge in [-0.05, 0) is 0 Å². The van der Waals surface area contributed by atoms with Gasteiger partial charge in [-0.25, -0.2) is 9.69 Å². The van der Waals surface area contributed by atoms with Crippen molar-refractivity contribution in [3.8, 4) is 0 Å². The minimum atomic E-state index is -0.531. The van der Waals surface area contributed by atoms with Gasteiger partial charge in [-0.3, -0.25) is 0 Å². The van der Waals surface area contributed by atoms with Gasteiger partial charge in [0.1, 0.15) is 11.5 Å². The molecule has 0 bridgehead atoms. The van der Waals surface area contributed by atoms with Crippen molar-refractivity contribution in [1.29, 1.82) is 0 Å². The molecule has 2 amide bonds. The van der Waals surface area contributed by atoms with Crippen molar-refractivity contribution in [2.45, 2.75) is 0 Å². The number of urea groups is 1. The normalized spacial score (nSPS) is 14.6. The number of nitrogens with zero attached hydrogens (tertiary/aromatic N) is 1. The smallest absolute Gasteiger partial charge is 0.325 e. The second kappa shape index (κ2) is 2.52. The van der Waals surface area contributed by atoms with E-state index in [0.29, 0.717) is 11.5 Å². The number of rotatable bonds is 1. The van der Waals surface area contributed by atoms with E-state index in [1.165, 1.54) is 4.90 Å². The number of nitrogens with two attached hydrogens (primary N) is 2. The van der Waals surface area contributed by atoms with Crippen molar-refractivity contribution in [3.63, 3.8) is 0 Å². The first-order valence-corrected chi connectivity index (χ1v) is 3.86. The summed E-state index contributed by atoms with van der Waals surface area (Å²) < 4.78 is 0. The van der Waals surface area contributed by atoms with E-state index in [0.717, 1.165) is 5.56 Å². The molecular weight excluding hydrogens is 166 g/mol. The standard InChI is InChI=1S/C9H9N3O/c10-8-7(12(8)9(11)13)6-4-2-1-3-5-6/h1-5H,10H2,(H2,11,13). The average Bonchev–Trinajstić information content (AvgIpc) is 2.79. The molecule has 4 nitrogen and oxygen atoms in total. The highest BCUT2D eigenvalue weighted by molar-refractivity contribution is 5.96. The Morgan fingerprint density at radius 1 is 1.23 bits per heavy atom. The van der Waals surface area contributed by atoms with Gasteiger partial charge in [0, 0.05) is 5.56 Å². The monoisotopic (exact) mass is 175 g/mol. The Labute approximate surface area is 75.4 Å². The van der Waals surface area contributed by atoms with Gasteiger partial charge in [0.25, 0.3) is 0 Å². The zero-order valence-electron chi connectivity index (χ0n) is 6.90. The van der Waals surface area contributed by atoms with Crippen LogP contribution >= 0.6 is 0 Å². The molecule has 4 heteroatoms. The lowest BCUT2D eigenvalue weighted by atomic mass is 10.2. The predicted octanol–water partition coefficient (Wildman–Crippen LogP) is 0.666. The van der Waals surface area contributed by atoms with Crippen LogP contribution < -0.4 is 11.5 Å². The van der Waals surface area contributed by atoms with Crippen molar-refractivity contribution in [1.82, 2.24) is 4.90 Å². The summed E-state index contributed by atoms with van der Waals surface area (Å²) in [6.07, 6.45) is 0. The zero-order chi connectivity index (χ0) is 9.42. The molecule has 1 heterocycles. The number of hydrogen-bond acceptors (Lipinski definition) is 2. The Kier molecular flexibility index (Phi) is 1.48. The summed E-state index contributed by atoms with van der Waals surface area (Å²) in [6.45, 7) is 0. The van der Waals surface area contributed by atoms with Crippen LogP contribution in [-0.4, -0.2) is 10.9 Å². The first-order valence-electron chi connectivity index (χ1n) is 3.86. The van der Waals surface area contributed by atoms with E-state index in [-0.39, 0.29) is 0 Å². The van der Waals surface area contributed by atoms with Gasteiger partial charge in [0.05, 0.1) is 0 Å². The predicted molar refractivity (Wildman–Crippen MR) is 49.0 cm³/mol. The lowest BCUT2D eigenvalue weighted by molar-refractivity contribution is 0.240. The number of hydrogen-bond donors (Lipinski definition) is 2. The Hall–Kier alpha value is -1.97. The molecule has 0 saturated carbocycles. The molecule has 0 saturated heterocycles. The van der Waals surface area contributed by atoms with E-state index >= 15 is 0 Å². The maximum absolute atomic E-state index is 10.8. The molecule has 1 aromatic carbocycles. The second-order valence-electron chi connectivity index (χ2n) is 2.77. The average molecular weight is 175 g/mol. The summed E-state index contributed by atoms with van der Waals surface area (Å²) in [6, 6.07) is 8.89. The highest BCUT2D eigenvalue weighted by Gasteiger charge is 2.36. The highest BCUT2D eigenvalue weighted by atomic mass is 16.2. The maximum Gasteiger partial charge on any atom is 0.325 e. The summed E-state index contributed by atoms with van der Waals surface area (Å²) in [4.78, 5) is 12.1. The largest absolute Gasteiger partial charge is 0.383 e. The number of primary amides is 1. The van der Waals surface area contributed by atoms with Crippen LogP contribution in [0.2, 0.25) is 0 Å². The fourth-order valence-electron chi connectivity index (χ4n) is 1.28. The van der Waals surface area contributed by atoms with Gasteiger partial charge in [-0.2, -0.15) is 0 Å². The molecule has 1 aliphatic heterocycles. The third kappa shape index (κ3) is 1.12. The zero-order valence-corrected chi connectivity index (χ0v) is 6.90. The minimum absolute atomic E-state index is 0.443. The molecule has 0 aromatic heterocycles. The molecule has 1 aromatic rings. The Morgan fingerprint density at radius 2 is 1.85 bits per heavy atom. The van der Waals surface area contributed by atoms with Crippen molar-refractivity contribution >= 4 is 11.7 Å². The molecule has 0 atom stereocenters. The summed E-state index contributed by atoms with van der Waals surface area (Å²) in [5.41, 5.74) is 12.3. The van der Waals surface area contributed by atoms with Crippen molar-refractivity contribution in [2.75, 3.05) is 0 Å². The third-order valence-electron chi connectivity index (χ3n) is 1.92. The van der Waals surface area contributed by atoms with Gasteiger partial charge in [-0.15, -0.1) is 0 Å². The number of benzene rings is 1. The first kappa shape index (κ1) is 7.67. The van der Waals surface area contributed by atoms with E-state index in [9.17, 15) is 4.79 Å². The number of carbonyl (C=O) groups is 1. The van der Waals surface area contributed by atoms with Crippen molar-refractivity contribution < 1.29 is 4.79 Å². The molecule has 0 radical (unpaired) electrons. The van der Waals surface area contributed by atoms with Crippen LogP contribution in [0.1, 0.15) is 5.56 Å². The molecule has 0 unspecified atom stereocenters. The Morgan fingerprint density at radius 3 is 2.31 bits per heavy atom. The minimum Gasteiger partial charge on any atom is -0.383 e. The first-order chi connectivity index (χ1) is 6.22. The Bertz CT molecular complexity index is 383. The lowest BCUT2D eigenvalue weighted by Crippen LogP contribution is -2.22. The SMILES string of the molecule is NC(=O)N1C(N)=C1c1ccccc1. The molecule has 0 aliphatic carbocycles. The van der Waals surface area contributed by atoms with Gasteiger partial charge >= 0.3 is 6.03 Å². The third-order valence-corrected chi connectivity index (χ3v) is 1.92. The summed E-state index contributed by atoms with van der Waals surface area (Å²) >= 11 is 0. The quantitative estimate of drug-likeness (QED) is 0.658. The molecular formula is C9H9N3O. The van der Waals surface area contributed by atoms with Crippen LogP contribution in [0.3, 0.4) is 0 Å². The maximum atomic E-state index is 10.8. The van der Waals surface area contributed by atoms with Crippen LogP contribution in [0, 0.1) is 0 Å². The summed E-state index contributed by atoms with van der Waals surface area (Å²) in [5.74, 6) is 0.443. The van der Waals surface area contributed by atoms with Gasteiger partial charge < -0.3 is 11.5 Å². The van der Waals surface area contributed by atoms with Gasteiger partial charge in [-0.1, -0.05) is 30.3 Å². The molecule has 2 rings (SSSR count). The Balaban J connectivity index is 2.27. The van der Waals surface area contributed by atoms with E-state index in [4.69, 9.17) is 11.5 Å². The van der Waals surface area contributed by atoms with Crippen LogP contribution in [0.15, 0.2) is 36.2 Å². The number of amides is 2. The molecule has 13 heavy (non-hydrogen) atoms. The molecule has 0 spiro atoms. The molecule has 4 N–H and O–H groups in total. The fraction of sp³-hybridized carbons (Fsp3) is 0. The van der Waals surface area contributed by atoms with E-state index in [1.807, 2.05) is 30.3 Å². The fourth-order valence-corrected chi connectivity index (χ4v) is 1.28. The highest BCUT2D eigenvalue weighted by Crippen LogP contribution is 2.35. The molecule has 0 fully saturated rings. The number of carbonyl (C=O) groups excluding carboxylic acids is 1. The van der Waals surface area contributed by atoms with Gasteiger partial charge in [0.2, 0.25) is 0 Å². The van der Waals surface area contributed by atoms with Crippen LogP contribution in [-0.2, 0) is 0 Å². The summed E-state index contributed by atoms with van der Waals surface area (Å²) in [7, 11) is 0. The van der Waals surface area contributed by atoms with E-state index < -0.39 is 6.03 Å². The van der Waals surface area contributed by atoms with E-state index in [1.54, 1.807) is 0 Å². The summed E-state index contributed by atoms with van der Waals surface area (Å²) in [5, 5.41) is 0. The van der Waals surface area contributed by atoms with Crippen molar-refractivity contribution in [2.24, 2.45) is 11.5 Å². The van der Waals surface area contributed by atoms with Crippen LogP contribution in [0.25, 0.3) is 5.70 Å². The van der Waals surface area contributed by atoms with Gasteiger partial charge in [0.15, 0.2) is 0 Å². The van der Waals surface area contributed by atoms with Crippen LogP contribution in [0.5, 0.6) is 0 Å².